The molecule has 0 spiro atoms. The van der Waals surface area contributed by atoms with Gasteiger partial charge in [0.2, 0.25) is 0 Å². The van der Waals surface area contributed by atoms with Crippen LogP contribution in [-0.2, 0) is 17.7 Å². The number of carbonyl (C=O) groups excluding carboxylic acids is 2. The molecular weight excluding hydrogens is 394 g/mol. The van der Waals surface area contributed by atoms with Gasteiger partial charge in [-0.1, -0.05) is 30.3 Å². The fourth-order valence-corrected chi connectivity index (χ4v) is 3.22. The van der Waals surface area contributed by atoms with Gasteiger partial charge in [-0.3, -0.25) is 0 Å². The summed E-state index contributed by atoms with van der Waals surface area (Å²) in [6, 6.07) is 14.8. The monoisotopic (exact) mass is 423 g/mol. The topological polar surface area (TPSA) is 92.6 Å². The maximum Gasteiger partial charge on any atom is 0.407 e. The molecule has 164 valence electrons. The number of alkyl carbamates (subject to hydrolysis) is 1. The van der Waals surface area contributed by atoms with Crippen LogP contribution in [0.5, 0.6) is 0 Å². The number of benzene rings is 2. The number of hydrogen-bond donors (Lipinski definition) is 3. The van der Waals surface area contributed by atoms with E-state index in [1.165, 1.54) is 0 Å². The molecule has 3 aromatic rings. The molecule has 0 saturated heterocycles. The fraction of sp³-hybridized carbons (Fsp3) is 0.333. The van der Waals surface area contributed by atoms with E-state index in [0.29, 0.717) is 18.7 Å². The molecule has 0 saturated carbocycles. The summed E-state index contributed by atoms with van der Waals surface area (Å²) >= 11 is 0. The summed E-state index contributed by atoms with van der Waals surface area (Å²) in [4.78, 5) is 24.4. The summed E-state index contributed by atoms with van der Waals surface area (Å²) in [6.45, 7) is 7.79. The van der Waals surface area contributed by atoms with Crippen molar-refractivity contribution in [2.24, 2.45) is 0 Å². The van der Waals surface area contributed by atoms with Gasteiger partial charge in [0.25, 0.3) is 0 Å². The van der Waals surface area contributed by atoms with Crippen LogP contribution >= 0.6 is 0 Å². The molecule has 3 amide bonds. The van der Waals surface area contributed by atoms with Gasteiger partial charge in [-0.05, 0) is 63.4 Å². The van der Waals surface area contributed by atoms with E-state index in [9.17, 15) is 9.59 Å². The van der Waals surface area contributed by atoms with Gasteiger partial charge in [0, 0.05) is 23.7 Å². The highest BCUT2D eigenvalue weighted by Crippen LogP contribution is 2.26. The predicted octanol–water partition coefficient (Wildman–Crippen LogP) is 5.21. The lowest BCUT2D eigenvalue weighted by atomic mass is 10.0. The maximum absolute atomic E-state index is 12.4. The molecule has 31 heavy (non-hydrogen) atoms. The first-order valence-corrected chi connectivity index (χ1v) is 10.3. The Kier molecular flexibility index (Phi) is 6.84. The lowest BCUT2D eigenvalue weighted by molar-refractivity contribution is 0.0508. The number of furan rings is 1. The Morgan fingerprint density at radius 3 is 2.55 bits per heavy atom. The van der Waals surface area contributed by atoms with Crippen molar-refractivity contribution in [2.45, 2.75) is 52.3 Å². The third-order valence-corrected chi connectivity index (χ3v) is 4.47. The lowest BCUT2D eigenvalue weighted by Gasteiger charge is -2.22. The Balaban J connectivity index is 1.66. The van der Waals surface area contributed by atoms with Crippen LogP contribution in [0.25, 0.3) is 11.0 Å². The standard InChI is InChI=1S/C24H29N3O4/c1-16(26-23(29)31-24(2,3)4)12-19-14-20(13-18-10-11-30-21(18)19)27-22(28)25-15-17-8-6-5-7-9-17/h5-11,13-14,16H,12,15H2,1-4H3,(H,26,29)(H2,25,27,28). The quantitative estimate of drug-likeness (QED) is 0.507. The molecular formula is C24H29N3O4. The number of anilines is 1. The second-order valence-electron chi connectivity index (χ2n) is 8.52. The molecule has 1 heterocycles. The lowest BCUT2D eigenvalue weighted by Crippen LogP contribution is -2.38. The van der Waals surface area contributed by atoms with Crippen LogP contribution in [0.4, 0.5) is 15.3 Å². The molecule has 1 atom stereocenters. The van der Waals surface area contributed by atoms with Gasteiger partial charge in [0.05, 0.1) is 6.26 Å². The molecule has 0 aliphatic heterocycles. The van der Waals surface area contributed by atoms with Crippen LogP contribution in [0.15, 0.2) is 59.2 Å². The van der Waals surface area contributed by atoms with Crippen molar-refractivity contribution in [3.05, 3.63) is 65.9 Å². The number of amides is 3. The van der Waals surface area contributed by atoms with E-state index < -0.39 is 11.7 Å². The number of fused-ring (bicyclic) bond motifs is 1. The van der Waals surface area contributed by atoms with Gasteiger partial charge in [0.1, 0.15) is 11.2 Å². The summed E-state index contributed by atoms with van der Waals surface area (Å²) in [5.74, 6) is 0. The molecule has 0 bridgehead atoms. The van der Waals surface area contributed by atoms with E-state index >= 15 is 0 Å². The van der Waals surface area contributed by atoms with Crippen LogP contribution in [-0.4, -0.2) is 23.8 Å². The first-order valence-electron chi connectivity index (χ1n) is 10.3. The van der Waals surface area contributed by atoms with Gasteiger partial charge < -0.3 is 25.1 Å². The molecule has 1 unspecified atom stereocenters. The smallest absolute Gasteiger partial charge is 0.407 e. The summed E-state index contributed by atoms with van der Waals surface area (Å²) < 4.78 is 10.9. The zero-order valence-electron chi connectivity index (χ0n) is 18.3. The molecule has 7 heteroatoms. The zero-order chi connectivity index (χ0) is 22.4. The first kappa shape index (κ1) is 22.2. The van der Waals surface area contributed by atoms with Gasteiger partial charge in [-0.15, -0.1) is 0 Å². The third kappa shape index (κ3) is 6.77. The first-order chi connectivity index (χ1) is 14.7. The van der Waals surface area contributed by atoms with Crippen LogP contribution in [0.1, 0.15) is 38.8 Å². The van der Waals surface area contributed by atoms with E-state index in [0.717, 1.165) is 22.1 Å². The number of rotatable bonds is 6. The average Bonchev–Trinajstić information content (AvgIpc) is 3.14. The Hall–Kier alpha value is -3.48. The van der Waals surface area contributed by atoms with Crippen molar-refractivity contribution in [1.29, 1.82) is 0 Å². The summed E-state index contributed by atoms with van der Waals surface area (Å²) in [7, 11) is 0. The molecule has 3 rings (SSSR count). The zero-order valence-corrected chi connectivity index (χ0v) is 18.3. The number of carbonyl (C=O) groups is 2. The molecule has 0 radical (unpaired) electrons. The molecule has 0 fully saturated rings. The predicted molar refractivity (Wildman–Crippen MR) is 121 cm³/mol. The van der Waals surface area contributed by atoms with Gasteiger partial charge in [0.15, 0.2) is 0 Å². The molecule has 7 nitrogen and oxygen atoms in total. The summed E-state index contributed by atoms with van der Waals surface area (Å²) in [6.07, 6.45) is 1.66. The van der Waals surface area contributed by atoms with E-state index in [1.54, 1.807) is 6.26 Å². The highest BCUT2D eigenvalue weighted by molar-refractivity contribution is 5.93. The van der Waals surface area contributed by atoms with Crippen LogP contribution < -0.4 is 16.0 Å². The Morgan fingerprint density at radius 2 is 1.84 bits per heavy atom. The van der Waals surface area contributed by atoms with E-state index in [1.807, 2.05) is 76.2 Å². The number of urea groups is 1. The summed E-state index contributed by atoms with van der Waals surface area (Å²) in [5, 5.41) is 9.44. The third-order valence-electron chi connectivity index (χ3n) is 4.47. The molecule has 1 aromatic heterocycles. The van der Waals surface area contributed by atoms with Gasteiger partial charge >= 0.3 is 12.1 Å². The van der Waals surface area contributed by atoms with E-state index in [-0.39, 0.29) is 12.1 Å². The van der Waals surface area contributed by atoms with Crippen molar-refractivity contribution in [1.82, 2.24) is 10.6 Å². The van der Waals surface area contributed by atoms with Crippen LogP contribution in [0, 0.1) is 0 Å². The second kappa shape index (κ2) is 9.55. The summed E-state index contributed by atoms with van der Waals surface area (Å²) in [5.41, 5.74) is 2.72. The largest absolute Gasteiger partial charge is 0.464 e. The molecule has 2 aromatic carbocycles. The minimum atomic E-state index is -0.560. The highest BCUT2D eigenvalue weighted by atomic mass is 16.6. The van der Waals surface area contributed by atoms with Crippen molar-refractivity contribution < 1.29 is 18.7 Å². The molecule has 0 aliphatic carbocycles. The Morgan fingerprint density at radius 1 is 1.10 bits per heavy atom. The second-order valence-corrected chi connectivity index (χ2v) is 8.52. The van der Waals surface area contributed by atoms with Crippen molar-refractivity contribution in [3.8, 4) is 0 Å². The van der Waals surface area contributed by atoms with Crippen molar-refractivity contribution >= 4 is 28.8 Å². The van der Waals surface area contributed by atoms with Gasteiger partial charge in [-0.25, -0.2) is 9.59 Å². The van der Waals surface area contributed by atoms with Crippen LogP contribution in [0.2, 0.25) is 0 Å². The van der Waals surface area contributed by atoms with Crippen LogP contribution in [0.3, 0.4) is 0 Å². The fourth-order valence-electron chi connectivity index (χ4n) is 3.22. The Labute approximate surface area is 182 Å². The molecule has 0 aliphatic rings. The SMILES string of the molecule is CC(Cc1cc(NC(=O)NCc2ccccc2)cc2ccoc12)NC(=O)OC(C)(C)C. The maximum atomic E-state index is 12.4. The number of hydrogen-bond acceptors (Lipinski definition) is 4. The number of nitrogens with one attached hydrogen (secondary N) is 3. The molecule has 3 N–H and O–H groups in total. The number of ether oxygens (including phenoxy) is 1. The normalized spacial score (nSPS) is 12.3. The highest BCUT2D eigenvalue weighted by Gasteiger charge is 2.19. The average molecular weight is 424 g/mol. The van der Waals surface area contributed by atoms with E-state index in [2.05, 4.69) is 16.0 Å². The van der Waals surface area contributed by atoms with Gasteiger partial charge in [-0.2, -0.15) is 0 Å². The van der Waals surface area contributed by atoms with Crippen molar-refractivity contribution in [2.75, 3.05) is 5.32 Å². The van der Waals surface area contributed by atoms with E-state index in [4.69, 9.17) is 9.15 Å². The minimum absolute atomic E-state index is 0.190. The minimum Gasteiger partial charge on any atom is -0.464 e. The van der Waals surface area contributed by atoms with Crippen molar-refractivity contribution in [3.63, 3.8) is 0 Å². The Bertz CT molecular complexity index is 1040.